The number of ether oxygens (including phenoxy) is 1. The summed E-state index contributed by atoms with van der Waals surface area (Å²) in [5.41, 5.74) is 1.82. The van der Waals surface area contributed by atoms with Crippen LogP contribution in [-0.2, 0) is 27.4 Å². The van der Waals surface area contributed by atoms with E-state index in [1.165, 1.54) is 23.9 Å². The van der Waals surface area contributed by atoms with Crippen LogP contribution in [0.5, 0.6) is 0 Å². The fraction of sp³-hybridized carbons (Fsp3) is 0.304. The van der Waals surface area contributed by atoms with Crippen LogP contribution in [0.4, 0.5) is 4.39 Å². The van der Waals surface area contributed by atoms with Crippen molar-refractivity contribution in [2.45, 2.75) is 18.0 Å². The molecule has 6 nitrogen and oxygen atoms in total. The number of nitrogens with zero attached hydrogens (tertiary/aromatic N) is 2. The van der Waals surface area contributed by atoms with Crippen molar-refractivity contribution >= 4 is 34.5 Å². The van der Waals surface area contributed by atoms with Crippen molar-refractivity contribution in [1.82, 2.24) is 14.8 Å². The molecule has 4 rings (SSSR count). The van der Waals surface area contributed by atoms with Gasteiger partial charge in [-0.2, -0.15) is 0 Å². The summed E-state index contributed by atoms with van der Waals surface area (Å²) in [4.78, 5) is 27.8. The average molecular weight is 442 g/mol. The number of fused-ring (bicyclic) bond motifs is 1. The van der Waals surface area contributed by atoms with Gasteiger partial charge in [0, 0.05) is 41.6 Å². The summed E-state index contributed by atoms with van der Waals surface area (Å²) in [5.74, 6) is -0.0746. The molecule has 1 aliphatic heterocycles. The minimum Gasteiger partial charge on any atom is -0.378 e. The van der Waals surface area contributed by atoms with Crippen LogP contribution in [0.25, 0.3) is 10.9 Å². The van der Waals surface area contributed by atoms with E-state index in [0.717, 1.165) is 21.4 Å². The topological polar surface area (TPSA) is 63.6 Å². The number of benzene rings is 2. The van der Waals surface area contributed by atoms with Crippen LogP contribution in [0, 0.1) is 5.82 Å². The molecule has 0 spiro atoms. The van der Waals surface area contributed by atoms with Crippen LogP contribution in [-0.4, -0.2) is 53.3 Å². The van der Waals surface area contributed by atoms with Gasteiger partial charge in [-0.1, -0.05) is 30.3 Å². The van der Waals surface area contributed by atoms with Crippen molar-refractivity contribution in [3.8, 4) is 0 Å². The Kier molecular flexibility index (Phi) is 6.89. The quantitative estimate of drug-likeness (QED) is 0.573. The van der Waals surface area contributed by atoms with Gasteiger partial charge in [-0.3, -0.25) is 9.59 Å². The van der Waals surface area contributed by atoms with Crippen molar-refractivity contribution in [2.75, 3.05) is 32.1 Å². The van der Waals surface area contributed by atoms with Gasteiger partial charge in [0.05, 0.1) is 19.0 Å². The minimum atomic E-state index is -0.297. The zero-order valence-corrected chi connectivity index (χ0v) is 17.9. The molecular weight excluding hydrogens is 417 g/mol. The number of carbonyl (C=O) groups excluding carboxylic acids is 2. The van der Waals surface area contributed by atoms with E-state index in [4.69, 9.17) is 4.74 Å². The SMILES string of the molecule is O=C(CSc1cn(CC(=O)N2CCOCC2)c2ccccc12)NCc1ccc(F)cc1. The third-order valence-electron chi connectivity index (χ3n) is 5.18. The fourth-order valence-corrected chi connectivity index (χ4v) is 4.43. The molecule has 8 heteroatoms. The normalized spacial score (nSPS) is 14.0. The first-order valence-corrected chi connectivity index (χ1v) is 11.2. The Hall–Kier alpha value is -2.84. The van der Waals surface area contributed by atoms with Gasteiger partial charge in [-0.25, -0.2) is 4.39 Å². The van der Waals surface area contributed by atoms with Gasteiger partial charge < -0.3 is 19.5 Å². The molecule has 0 unspecified atom stereocenters. The van der Waals surface area contributed by atoms with Crippen LogP contribution >= 0.6 is 11.8 Å². The molecule has 1 aromatic heterocycles. The monoisotopic (exact) mass is 441 g/mol. The second-order valence-corrected chi connectivity index (χ2v) is 8.34. The van der Waals surface area contributed by atoms with E-state index in [-0.39, 0.29) is 29.9 Å². The first kappa shape index (κ1) is 21.4. The zero-order valence-electron chi connectivity index (χ0n) is 17.1. The molecule has 1 N–H and O–H groups in total. The van der Waals surface area contributed by atoms with E-state index in [9.17, 15) is 14.0 Å². The van der Waals surface area contributed by atoms with E-state index >= 15 is 0 Å². The highest BCUT2D eigenvalue weighted by atomic mass is 32.2. The number of nitrogens with one attached hydrogen (secondary N) is 1. The molecule has 1 fully saturated rings. The number of thioether (sulfide) groups is 1. The van der Waals surface area contributed by atoms with E-state index in [0.29, 0.717) is 32.8 Å². The van der Waals surface area contributed by atoms with E-state index in [1.54, 1.807) is 12.1 Å². The lowest BCUT2D eigenvalue weighted by Crippen LogP contribution is -2.42. The van der Waals surface area contributed by atoms with Gasteiger partial charge in [0.2, 0.25) is 11.8 Å². The molecule has 0 radical (unpaired) electrons. The molecule has 2 amide bonds. The van der Waals surface area contributed by atoms with Crippen molar-refractivity contribution < 1.29 is 18.7 Å². The van der Waals surface area contributed by atoms with Crippen molar-refractivity contribution in [3.05, 3.63) is 66.1 Å². The second-order valence-electron chi connectivity index (χ2n) is 7.32. The largest absolute Gasteiger partial charge is 0.378 e. The van der Waals surface area contributed by atoms with Gasteiger partial charge in [-0.15, -0.1) is 11.8 Å². The number of rotatable bonds is 7. The third kappa shape index (κ3) is 5.45. The van der Waals surface area contributed by atoms with Crippen molar-refractivity contribution in [1.29, 1.82) is 0 Å². The predicted molar refractivity (Wildman–Crippen MR) is 118 cm³/mol. The summed E-state index contributed by atoms with van der Waals surface area (Å²) in [6.07, 6.45) is 1.95. The molecule has 0 bridgehead atoms. The van der Waals surface area contributed by atoms with Gasteiger partial charge in [-0.05, 0) is 23.8 Å². The zero-order chi connectivity index (χ0) is 21.6. The number of aromatic nitrogens is 1. The van der Waals surface area contributed by atoms with E-state index < -0.39 is 0 Å². The maximum atomic E-state index is 13.0. The lowest BCUT2D eigenvalue weighted by Gasteiger charge is -2.27. The molecule has 2 aromatic carbocycles. The maximum absolute atomic E-state index is 13.0. The average Bonchev–Trinajstić information content (AvgIpc) is 3.15. The highest BCUT2D eigenvalue weighted by Crippen LogP contribution is 2.30. The molecular formula is C23H24FN3O3S. The van der Waals surface area contributed by atoms with Crippen LogP contribution in [0.15, 0.2) is 59.6 Å². The second kappa shape index (κ2) is 9.98. The van der Waals surface area contributed by atoms with E-state index in [2.05, 4.69) is 5.32 Å². The Morgan fingerprint density at radius 2 is 1.81 bits per heavy atom. The number of hydrogen-bond acceptors (Lipinski definition) is 4. The van der Waals surface area contributed by atoms with Crippen molar-refractivity contribution in [3.63, 3.8) is 0 Å². The van der Waals surface area contributed by atoms with Gasteiger partial charge in [0.15, 0.2) is 0 Å². The predicted octanol–water partition coefficient (Wildman–Crippen LogP) is 3.05. The summed E-state index contributed by atoms with van der Waals surface area (Å²) < 4.78 is 20.3. The molecule has 31 heavy (non-hydrogen) atoms. The Morgan fingerprint density at radius 3 is 2.58 bits per heavy atom. The van der Waals surface area contributed by atoms with Crippen LogP contribution in [0.1, 0.15) is 5.56 Å². The highest BCUT2D eigenvalue weighted by Gasteiger charge is 2.19. The van der Waals surface area contributed by atoms with Gasteiger partial charge in [0.1, 0.15) is 12.4 Å². The first-order chi connectivity index (χ1) is 15.1. The number of amides is 2. The number of morpholine rings is 1. The molecule has 0 saturated carbocycles. The number of hydrogen-bond donors (Lipinski definition) is 1. The molecule has 0 aliphatic carbocycles. The highest BCUT2D eigenvalue weighted by molar-refractivity contribution is 8.00. The lowest BCUT2D eigenvalue weighted by molar-refractivity contribution is -0.135. The molecule has 1 aliphatic rings. The summed E-state index contributed by atoms with van der Waals surface area (Å²) in [6, 6.07) is 14.0. The fourth-order valence-electron chi connectivity index (χ4n) is 3.51. The Labute approximate surface area is 184 Å². The number of para-hydroxylation sites is 1. The van der Waals surface area contributed by atoms with Crippen LogP contribution in [0.3, 0.4) is 0 Å². The molecule has 2 heterocycles. The molecule has 3 aromatic rings. The Balaban J connectivity index is 1.38. The van der Waals surface area contributed by atoms with Crippen LogP contribution < -0.4 is 5.32 Å². The standard InChI is InChI=1S/C23H24FN3O3S/c24-18-7-5-17(6-8-18)13-25-22(28)16-31-21-14-27(20-4-2-1-3-19(20)21)15-23(29)26-9-11-30-12-10-26/h1-8,14H,9-13,15-16H2,(H,25,28). The van der Waals surface area contributed by atoms with Gasteiger partial charge >= 0.3 is 0 Å². The van der Waals surface area contributed by atoms with Gasteiger partial charge in [0.25, 0.3) is 0 Å². The molecule has 162 valence electrons. The Bertz CT molecular complexity index is 1060. The smallest absolute Gasteiger partial charge is 0.242 e. The lowest BCUT2D eigenvalue weighted by atomic mass is 10.2. The number of halogens is 1. The van der Waals surface area contributed by atoms with E-state index in [1.807, 2.05) is 39.9 Å². The maximum Gasteiger partial charge on any atom is 0.242 e. The third-order valence-corrected chi connectivity index (χ3v) is 6.23. The summed E-state index contributed by atoms with van der Waals surface area (Å²) in [7, 11) is 0. The molecule has 0 atom stereocenters. The van der Waals surface area contributed by atoms with Crippen molar-refractivity contribution in [2.24, 2.45) is 0 Å². The summed E-state index contributed by atoms with van der Waals surface area (Å²) in [6.45, 7) is 3.01. The number of carbonyl (C=O) groups is 2. The summed E-state index contributed by atoms with van der Waals surface area (Å²) in [5, 5.41) is 3.88. The minimum absolute atomic E-state index is 0.0673. The first-order valence-electron chi connectivity index (χ1n) is 10.2. The Morgan fingerprint density at radius 1 is 1.06 bits per heavy atom. The van der Waals surface area contributed by atoms with Crippen LogP contribution in [0.2, 0.25) is 0 Å². The summed E-state index contributed by atoms with van der Waals surface area (Å²) >= 11 is 1.44. The molecule has 1 saturated heterocycles.